The van der Waals surface area contributed by atoms with Gasteiger partial charge < -0.3 is 27.9 Å². The van der Waals surface area contributed by atoms with Crippen LogP contribution in [0.15, 0.2) is 182 Å². The number of esters is 2. The number of phosphoric acid groups is 1. The van der Waals surface area contributed by atoms with Crippen LogP contribution in [0.1, 0.15) is 296 Å². The van der Waals surface area contributed by atoms with Crippen molar-refractivity contribution < 1.29 is 42.1 Å². The molecule has 0 rings (SSSR count). The number of hydrogen-bond donors (Lipinski definition) is 0. The fraction of sp³-hybridized carbons (Fsp3) is 0.628. The van der Waals surface area contributed by atoms with Crippen molar-refractivity contribution in [3.8, 4) is 0 Å². The molecule has 0 aliphatic carbocycles. The van der Waals surface area contributed by atoms with Crippen molar-refractivity contribution in [1.29, 1.82) is 0 Å². The number of likely N-dealkylation sites (N-methyl/N-ethyl adjacent to an activating group) is 1. The molecule has 0 bridgehead atoms. The first kappa shape index (κ1) is 91.1. The lowest BCUT2D eigenvalue weighted by molar-refractivity contribution is -0.870. The van der Waals surface area contributed by atoms with Crippen molar-refractivity contribution in [2.24, 2.45) is 0 Å². The highest BCUT2D eigenvalue weighted by atomic mass is 31.2. The standard InChI is InChI=1S/C86H142NO8P/c1-6-8-10-12-14-16-18-20-22-24-26-28-30-32-34-36-38-40-41-42-43-44-45-47-48-50-52-54-56-58-60-62-64-66-68-70-72-74-76-78-85(88)92-82-84(83-94-96(90,91)93-81-80-87(3,4)5)95-86(89)79-77-75-73-71-69-67-65-63-61-59-57-55-53-51-49-46-39-37-35-33-31-29-27-25-23-21-19-17-15-13-11-9-7-2/h8-11,14-17,20-23,26-29,32-35,39,46,51,53,57,59,63,65,69,71,84H,6-7,12-13,18-19,24-25,30-31,36-38,40-45,47-50,52,54-56,58,60-62,64,66-68,70,72-83H2,1-5H3/b10-8-,11-9-,16-14-,17-15-,22-20-,23-21-,28-26-,29-27-,34-32-,35-33-,46-39-,53-51-,59-57-,65-63-,71-69-. The predicted octanol–water partition coefficient (Wildman–Crippen LogP) is 25.2. The molecule has 2 unspecified atom stereocenters. The van der Waals surface area contributed by atoms with Crippen molar-refractivity contribution >= 4 is 19.8 Å². The molecule has 0 aromatic carbocycles. The summed E-state index contributed by atoms with van der Waals surface area (Å²) in [7, 11) is 1.12. The van der Waals surface area contributed by atoms with E-state index in [0.29, 0.717) is 17.4 Å². The van der Waals surface area contributed by atoms with Gasteiger partial charge >= 0.3 is 11.9 Å². The maximum Gasteiger partial charge on any atom is 0.306 e. The first-order chi connectivity index (χ1) is 47.0. The molecular formula is C86H142NO8P. The Hall–Kier alpha value is -4.89. The third kappa shape index (κ3) is 78.1. The van der Waals surface area contributed by atoms with E-state index in [1.165, 1.54) is 135 Å². The number of ether oxygens (including phenoxy) is 2. The Morgan fingerprint density at radius 3 is 0.854 bits per heavy atom. The van der Waals surface area contributed by atoms with Crippen LogP contribution in [0, 0.1) is 0 Å². The van der Waals surface area contributed by atoms with E-state index in [1.807, 2.05) is 21.1 Å². The summed E-state index contributed by atoms with van der Waals surface area (Å²) in [5.41, 5.74) is 0. The van der Waals surface area contributed by atoms with Crippen LogP contribution < -0.4 is 4.89 Å². The molecule has 96 heavy (non-hydrogen) atoms. The summed E-state index contributed by atoms with van der Waals surface area (Å²) >= 11 is 0. The highest BCUT2D eigenvalue weighted by Gasteiger charge is 2.22. The number of hydrogen-bond acceptors (Lipinski definition) is 8. The van der Waals surface area contributed by atoms with Gasteiger partial charge in [0.15, 0.2) is 6.10 Å². The van der Waals surface area contributed by atoms with Gasteiger partial charge in [-0.05, 0) is 135 Å². The second-order valence-electron chi connectivity index (χ2n) is 26.3. The Bertz CT molecular complexity index is 2280. The van der Waals surface area contributed by atoms with Crippen molar-refractivity contribution in [2.75, 3.05) is 47.5 Å². The minimum Gasteiger partial charge on any atom is -0.756 e. The zero-order valence-corrected chi connectivity index (χ0v) is 62.9. The molecule has 0 aliphatic heterocycles. The second kappa shape index (κ2) is 74.3. The van der Waals surface area contributed by atoms with Crippen molar-refractivity contribution in [3.05, 3.63) is 182 Å². The summed E-state index contributed by atoms with van der Waals surface area (Å²) in [6, 6.07) is 0. The van der Waals surface area contributed by atoms with E-state index in [4.69, 9.17) is 18.5 Å². The van der Waals surface area contributed by atoms with Crippen molar-refractivity contribution in [1.82, 2.24) is 0 Å². The Kier molecular flexibility index (Phi) is 70.5. The minimum absolute atomic E-state index is 0.0473. The fourth-order valence-electron chi connectivity index (χ4n) is 10.1. The first-order valence-corrected chi connectivity index (χ1v) is 40.0. The van der Waals surface area contributed by atoms with E-state index < -0.39 is 32.5 Å². The average molecular weight is 1350 g/mol. The highest BCUT2D eigenvalue weighted by molar-refractivity contribution is 7.45. The van der Waals surface area contributed by atoms with E-state index in [9.17, 15) is 19.0 Å². The smallest absolute Gasteiger partial charge is 0.306 e. The van der Waals surface area contributed by atoms with Gasteiger partial charge in [-0.25, -0.2) is 0 Å². The summed E-state index contributed by atoms with van der Waals surface area (Å²) in [6.45, 7) is 3.96. The molecule has 9 nitrogen and oxygen atoms in total. The van der Waals surface area contributed by atoms with Crippen molar-refractivity contribution in [2.45, 2.75) is 302 Å². The minimum atomic E-state index is -4.67. The summed E-state index contributed by atoms with van der Waals surface area (Å²) in [6.07, 6.45) is 114. The maximum atomic E-state index is 12.9. The number of carbonyl (C=O) groups is 2. The fourth-order valence-corrected chi connectivity index (χ4v) is 10.9. The largest absolute Gasteiger partial charge is 0.756 e. The van der Waals surface area contributed by atoms with Crippen LogP contribution in [0.5, 0.6) is 0 Å². The Morgan fingerprint density at radius 2 is 0.562 bits per heavy atom. The van der Waals surface area contributed by atoms with Gasteiger partial charge in [-0.15, -0.1) is 0 Å². The third-order valence-corrected chi connectivity index (χ3v) is 16.9. The number of carbonyl (C=O) groups excluding carboxylic acids is 2. The molecule has 2 atom stereocenters. The van der Waals surface area contributed by atoms with E-state index in [2.05, 4.69) is 196 Å². The van der Waals surface area contributed by atoms with Crippen LogP contribution in [0.4, 0.5) is 0 Å². The van der Waals surface area contributed by atoms with Gasteiger partial charge in [-0.1, -0.05) is 331 Å². The molecule has 0 aromatic heterocycles. The molecule has 0 aliphatic rings. The van der Waals surface area contributed by atoms with Gasteiger partial charge in [-0.2, -0.15) is 0 Å². The average Bonchev–Trinajstić information content (AvgIpc) is 1.48. The molecule has 0 saturated carbocycles. The van der Waals surface area contributed by atoms with Crippen LogP contribution >= 0.6 is 7.82 Å². The van der Waals surface area contributed by atoms with Gasteiger partial charge in [0.2, 0.25) is 0 Å². The molecule has 0 saturated heterocycles. The summed E-state index contributed by atoms with van der Waals surface area (Å²) in [5.74, 6) is -0.887. The van der Waals surface area contributed by atoms with E-state index in [0.717, 1.165) is 128 Å². The Morgan fingerprint density at radius 1 is 0.323 bits per heavy atom. The van der Waals surface area contributed by atoms with E-state index >= 15 is 0 Å². The number of allylic oxidation sites excluding steroid dienone is 30. The van der Waals surface area contributed by atoms with Crippen LogP contribution in [0.25, 0.3) is 0 Å². The van der Waals surface area contributed by atoms with Gasteiger partial charge in [0, 0.05) is 12.8 Å². The second-order valence-corrected chi connectivity index (χ2v) is 27.7. The molecule has 0 amide bonds. The summed E-state index contributed by atoms with van der Waals surface area (Å²) in [4.78, 5) is 38.1. The normalized spacial score (nSPS) is 14.1. The Labute approximate surface area is 591 Å². The highest BCUT2D eigenvalue weighted by Crippen LogP contribution is 2.38. The SMILES string of the molecule is CC/C=C\C/C=C\C/C=C\C/C=C\C/C=C\C/C=C\C/C=C\C/C=C\C/C=C\C/C=C\CCCCC(=O)OC(COC(=O)CCCCCCCCCCCCCCCCCCCCCCCCC/C=C\C/C=C\C/C=C\C/C=C\C/C=C\CC)COP(=O)([O-])OCC[N+](C)(C)C. The number of rotatable bonds is 69. The molecular weight excluding hydrogens is 1210 g/mol. The van der Waals surface area contributed by atoms with Gasteiger partial charge in [0.1, 0.15) is 19.8 Å². The number of unbranched alkanes of at least 4 members (excludes halogenated alkanes) is 25. The topological polar surface area (TPSA) is 111 Å². The number of nitrogens with zero attached hydrogens (tertiary/aromatic N) is 1. The third-order valence-electron chi connectivity index (χ3n) is 15.9. The molecule has 0 N–H and O–H groups in total. The summed E-state index contributed by atoms with van der Waals surface area (Å²) < 4.78 is 34.3. The van der Waals surface area contributed by atoms with Crippen LogP contribution in [-0.2, 0) is 32.7 Å². The first-order valence-electron chi connectivity index (χ1n) is 38.5. The Balaban J connectivity index is 4.08. The number of quaternary nitrogens is 1. The lowest BCUT2D eigenvalue weighted by atomic mass is 10.0. The predicted molar refractivity (Wildman–Crippen MR) is 415 cm³/mol. The van der Waals surface area contributed by atoms with Crippen LogP contribution in [0.2, 0.25) is 0 Å². The number of phosphoric ester groups is 1. The van der Waals surface area contributed by atoms with Gasteiger partial charge in [-0.3, -0.25) is 14.2 Å². The molecule has 0 fully saturated rings. The molecule has 0 aromatic rings. The van der Waals surface area contributed by atoms with Crippen LogP contribution in [-0.4, -0.2) is 70.0 Å². The summed E-state index contributed by atoms with van der Waals surface area (Å²) in [5, 5.41) is 0. The zero-order chi connectivity index (χ0) is 69.7. The van der Waals surface area contributed by atoms with Crippen LogP contribution in [0.3, 0.4) is 0 Å². The quantitative estimate of drug-likeness (QED) is 0.0195. The molecule has 0 radical (unpaired) electrons. The monoisotopic (exact) mass is 1350 g/mol. The maximum absolute atomic E-state index is 12.9. The lowest BCUT2D eigenvalue weighted by Gasteiger charge is -2.28. The van der Waals surface area contributed by atoms with E-state index in [-0.39, 0.29) is 26.1 Å². The lowest BCUT2D eigenvalue weighted by Crippen LogP contribution is -2.37. The molecule has 0 spiro atoms. The van der Waals surface area contributed by atoms with Crippen molar-refractivity contribution in [3.63, 3.8) is 0 Å². The van der Waals surface area contributed by atoms with Gasteiger partial charge in [0.25, 0.3) is 7.82 Å². The zero-order valence-electron chi connectivity index (χ0n) is 62.0. The van der Waals surface area contributed by atoms with Gasteiger partial charge in [0.05, 0.1) is 27.7 Å². The van der Waals surface area contributed by atoms with E-state index in [1.54, 1.807) is 0 Å². The molecule has 0 heterocycles. The molecule has 10 heteroatoms. The molecule has 544 valence electrons.